The number of hydrogen-bond donors (Lipinski definition) is 0. The Balaban J connectivity index is 1.13. The van der Waals surface area contributed by atoms with Crippen molar-refractivity contribution >= 4 is 39.8 Å². The van der Waals surface area contributed by atoms with Crippen LogP contribution in [0.15, 0.2) is 247 Å². The molecule has 0 aliphatic heterocycles. The molecule has 60 heavy (non-hydrogen) atoms. The summed E-state index contributed by atoms with van der Waals surface area (Å²) >= 11 is 0. The summed E-state index contributed by atoms with van der Waals surface area (Å²) in [5.74, 6) is 0.757. The molecule has 0 N–H and O–H groups in total. The van der Waals surface area contributed by atoms with Gasteiger partial charge in [-0.3, -0.25) is 0 Å². The highest BCUT2D eigenvalue weighted by Gasteiger charge is 2.30. The van der Waals surface area contributed by atoms with Crippen LogP contribution < -0.4 is 19.6 Å². The molecular formula is C56H52N4. The van der Waals surface area contributed by atoms with Crippen molar-refractivity contribution in [3.8, 4) is 0 Å². The van der Waals surface area contributed by atoms with Gasteiger partial charge in [-0.2, -0.15) is 0 Å². The van der Waals surface area contributed by atoms with Crippen LogP contribution in [0.1, 0.15) is 39.5 Å². The average Bonchev–Trinajstić information content (AvgIpc) is 3.30. The van der Waals surface area contributed by atoms with Crippen LogP contribution in [-0.4, -0.2) is 0 Å². The number of benzene rings is 6. The van der Waals surface area contributed by atoms with Crippen molar-refractivity contribution < 1.29 is 0 Å². The Bertz CT molecular complexity index is 2470. The monoisotopic (exact) mass is 780 g/mol. The van der Waals surface area contributed by atoms with E-state index in [4.69, 9.17) is 0 Å². The molecule has 0 radical (unpaired) electrons. The maximum Gasteiger partial charge on any atom is 0.0463 e. The Labute approximate surface area is 356 Å². The maximum atomic E-state index is 2.54. The molecular weight excluding hydrogens is 729 g/mol. The Morgan fingerprint density at radius 2 is 0.700 bits per heavy atom. The summed E-state index contributed by atoms with van der Waals surface area (Å²) in [6.07, 6.45) is 20.0. The van der Waals surface area contributed by atoms with E-state index in [1.54, 1.807) is 0 Å². The molecule has 0 bridgehead atoms. The number of nitrogens with zero attached hydrogens (tertiary/aromatic N) is 4. The molecule has 0 saturated carbocycles. The van der Waals surface area contributed by atoms with Crippen LogP contribution in [0.5, 0.6) is 0 Å². The quantitative estimate of drug-likeness (QED) is 0.123. The first-order valence-electron chi connectivity index (χ1n) is 21.3. The van der Waals surface area contributed by atoms with E-state index in [9.17, 15) is 0 Å². The summed E-state index contributed by atoms with van der Waals surface area (Å²) in [6.45, 7) is 4.70. The van der Waals surface area contributed by atoms with Crippen LogP contribution in [0, 0.1) is 11.8 Å². The molecule has 0 amide bonds. The van der Waals surface area contributed by atoms with E-state index in [1.165, 1.54) is 45.5 Å². The highest BCUT2D eigenvalue weighted by molar-refractivity contribution is 5.78. The van der Waals surface area contributed by atoms with Crippen molar-refractivity contribution in [1.82, 2.24) is 0 Å². The molecule has 2 unspecified atom stereocenters. The van der Waals surface area contributed by atoms with E-state index in [2.05, 4.69) is 252 Å². The Morgan fingerprint density at radius 3 is 1.13 bits per heavy atom. The maximum absolute atomic E-state index is 2.54. The smallest absolute Gasteiger partial charge is 0.0463 e. The van der Waals surface area contributed by atoms with E-state index in [1.807, 2.05) is 0 Å². The van der Waals surface area contributed by atoms with Crippen LogP contribution in [0.2, 0.25) is 0 Å². The van der Waals surface area contributed by atoms with Gasteiger partial charge >= 0.3 is 0 Å². The highest BCUT2D eigenvalue weighted by Crippen LogP contribution is 2.43. The lowest BCUT2D eigenvalue weighted by atomic mass is 9.91. The Morgan fingerprint density at radius 1 is 0.333 bits per heavy atom. The second kappa shape index (κ2) is 17.8. The van der Waals surface area contributed by atoms with Crippen LogP contribution in [0.25, 0.3) is 0 Å². The molecule has 2 atom stereocenters. The van der Waals surface area contributed by atoms with Crippen LogP contribution in [0.4, 0.5) is 39.8 Å². The largest absolute Gasteiger partial charge is 0.318 e. The van der Waals surface area contributed by atoms with Crippen LogP contribution >= 0.6 is 0 Å². The van der Waals surface area contributed by atoms with E-state index < -0.39 is 0 Å². The highest BCUT2D eigenvalue weighted by atomic mass is 15.2. The van der Waals surface area contributed by atoms with Gasteiger partial charge in [0.1, 0.15) is 0 Å². The Kier molecular flexibility index (Phi) is 11.4. The van der Waals surface area contributed by atoms with Gasteiger partial charge in [0.25, 0.3) is 0 Å². The molecule has 0 heterocycles. The summed E-state index contributed by atoms with van der Waals surface area (Å²) in [7, 11) is 0. The van der Waals surface area contributed by atoms with Crippen molar-refractivity contribution in [2.45, 2.75) is 39.5 Å². The predicted molar refractivity (Wildman–Crippen MR) is 254 cm³/mol. The molecule has 296 valence electrons. The summed E-state index contributed by atoms with van der Waals surface area (Å²) in [4.78, 5) is 9.77. The topological polar surface area (TPSA) is 13.0 Å². The fourth-order valence-electron chi connectivity index (χ4n) is 8.83. The normalized spacial score (nSPS) is 17.3. The predicted octanol–water partition coefficient (Wildman–Crippen LogP) is 15.2. The van der Waals surface area contributed by atoms with Crippen LogP contribution in [0.3, 0.4) is 0 Å². The van der Waals surface area contributed by atoms with E-state index in [0.29, 0.717) is 5.92 Å². The first-order chi connectivity index (χ1) is 29.6. The third kappa shape index (κ3) is 8.28. The summed E-state index contributed by atoms with van der Waals surface area (Å²) < 4.78 is 0. The van der Waals surface area contributed by atoms with E-state index in [0.717, 1.165) is 48.4 Å². The van der Waals surface area contributed by atoms with Crippen molar-refractivity contribution in [1.29, 1.82) is 0 Å². The zero-order valence-electron chi connectivity index (χ0n) is 34.6. The van der Waals surface area contributed by atoms with E-state index in [-0.39, 0.29) is 5.92 Å². The lowest BCUT2D eigenvalue weighted by Gasteiger charge is -2.39. The van der Waals surface area contributed by atoms with Crippen molar-refractivity contribution in [3.63, 3.8) is 0 Å². The van der Waals surface area contributed by atoms with Crippen LogP contribution in [-0.2, 0) is 0 Å². The van der Waals surface area contributed by atoms with E-state index >= 15 is 0 Å². The molecule has 0 fully saturated rings. The van der Waals surface area contributed by atoms with Gasteiger partial charge < -0.3 is 19.6 Å². The standard InChI is InChI=1S/C56H52N4/c1-43-19-18-30-54(41-43)59(49-28-16-7-17-29-49)55-39-40-56(44(2)42-55)60(52-35-31-50(32-36-52)57(45-20-8-3-9-21-45)46-22-10-4-11-23-46)53-37-33-51(34-38-53)58(47-24-12-5-13-25-47)48-26-14-6-15-27-48/h3-33,35-37,39-40,43-44H,34,38,41-42H2,1-2H3. The van der Waals surface area contributed by atoms with Gasteiger partial charge in [-0.1, -0.05) is 117 Å². The molecule has 4 nitrogen and oxygen atoms in total. The number of allylic oxidation sites excluding steroid dienone is 12. The lowest BCUT2D eigenvalue weighted by molar-refractivity contribution is 0.615. The average molecular weight is 781 g/mol. The third-order valence-corrected chi connectivity index (χ3v) is 11.7. The summed E-state index contributed by atoms with van der Waals surface area (Å²) in [5.41, 5.74) is 14.6. The minimum absolute atomic E-state index is 0.259. The SMILES string of the molecule is CC1C=CC=C(N(C2=CC=C(N(C3=CC=C(N(c4ccccc4)c4ccccc4)CC3)c3ccc(N(c4ccccc4)c4ccccc4)cc3)C(C)C2)c2ccccc2)C1. The van der Waals surface area contributed by atoms with Gasteiger partial charge in [0.05, 0.1) is 0 Å². The number of rotatable bonds is 12. The first-order valence-corrected chi connectivity index (χ1v) is 21.3. The number of hydrogen-bond acceptors (Lipinski definition) is 4. The molecule has 0 aromatic heterocycles. The molecule has 4 heteroatoms. The molecule has 6 aromatic rings. The zero-order chi connectivity index (χ0) is 40.7. The Hall–Kier alpha value is -7.04. The second-order valence-electron chi connectivity index (χ2n) is 15.9. The molecule has 6 aromatic carbocycles. The zero-order valence-corrected chi connectivity index (χ0v) is 34.6. The fraction of sp³-hybridized carbons (Fsp3) is 0.143. The minimum atomic E-state index is 0.259. The number of para-hydroxylation sites is 5. The van der Waals surface area contributed by atoms with Gasteiger partial charge in [0.2, 0.25) is 0 Å². The fourth-order valence-corrected chi connectivity index (χ4v) is 8.83. The van der Waals surface area contributed by atoms with Gasteiger partial charge in [0, 0.05) is 74.2 Å². The van der Waals surface area contributed by atoms with Crippen molar-refractivity contribution in [2.75, 3.05) is 19.6 Å². The summed E-state index contributed by atoms with van der Waals surface area (Å²) in [6, 6.07) is 62.8. The molecule has 0 spiro atoms. The first kappa shape index (κ1) is 38.5. The molecule has 3 aliphatic carbocycles. The van der Waals surface area contributed by atoms with Gasteiger partial charge in [-0.05, 0) is 147 Å². The lowest BCUT2D eigenvalue weighted by Crippen LogP contribution is -2.32. The van der Waals surface area contributed by atoms with Gasteiger partial charge in [-0.25, -0.2) is 0 Å². The molecule has 3 aliphatic rings. The molecule has 9 rings (SSSR count). The van der Waals surface area contributed by atoms with Crippen molar-refractivity contribution in [3.05, 3.63) is 247 Å². The summed E-state index contributed by atoms with van der Waals surface area (Å²) in [5, 5.41) is 0. The molecule has 0 saturated heterocycles. The minimum Gasteiger partial charge on any atom is -0.318 e. The van der Waals surface area contributed by atoms with Gasteiger partial charge in [0.15, 0.2) is 0 Å². The van der Waals surface area contributed by atoms with Gasteiger partial charge in [-0.15, -0.1) is 0 Å². The second-order valence-corrected chi connectivity index (χ2v) is 15.9. The third-order valence-electron chi connectivity index (χ3n) is 11.7. The number of anilines is 7. The van der Waals surface area contributed by atoms with Crippen molar-refractivity contribution in [2.24, 2.45) is 11.8 Å².